The van der Waals surface area contributed by atoms with Crippen molar-refractivity contribution in [1.82, 2.24) is 0 Å². The third-order valence-corrected chi connectivity index (χ3v) is 4.71. The minimum Gasteiger partial charge on any atom is -0.399 e. The molecule has 3 nitrogen and oxygen atoms in total. The minimum atomic E-state index is -0.565. The maximum atomic E-state index is 13.7. The van der Waals surface area contributed by atoms with Gasteiger partial charge in [0.2, 0.25) is 5.91 Å². The topological polar surface area (TPSA) is 69.1 Å². The lowest BCUT2D eigenvalue weighted by Gasteiger charge is -2.07. The number of halogens is 2. The number of nitrogen functional groups attached to an aromatic ring is 1. The van der Waals surface area contributed by atoms with E-state index in [2.05, 4.69) is 15.9 Å². The lowest BCUT2D eigenvalue weighted by molar-refractivity contribution is 0.1000. The van der Waals surface area contributed by atoms with Crippen LogP contribution in [0.1, 0.15) is 15.9 Å². The highest BCUT2D eigenvalue weighted by Crippen LogP contribution is 2.32. The monoisotopic (exact) mass is 354 g/mol. The first-order chi connectivity index (χ1) is 9.47. The predicted octanol–water partition coefficient (Wildman–Crippen LogP) is 3.56. The van der Waals surface area contributed by atoms with Crippen LogP contribution in [0, 0.1) is 5.82 Å². The number of benzene rings is 2. The van der Waals surface area contributed by atoms with E-state index in [1.165, 1.54) is 30.0 Å². The second-order valence-corrected chi connectivity index (χ2v) is 6.02. The average Bonchev–Trinajstić information content (AvgIpc) is 2.39. The van der Waals surface area contributed by atoms with Crippen LogP contribution in [0.15, 0.2) is 45.8 Å². The third kappa shape index (κ3) is 3.52. The van der Waals surface area contributed by atoms with E-state index in [0.29, 0.717) is 22.6 Å². The highest BCUT2D eigenvalue weighted by molar-refractivity contribution is 9.10. The Balaban J connectivity index is 2.18. The van der Waals surface area contributed by atoms with Crippen molar-refractivity contribution >= 4 is 39.3 Å². The molecular formula is C14H12BrFN2OS. The predicted molar refractivity (Wildman–Crippen MR) is 83.0 cm³/mol. The summed E-state index contributed by atoms with van der Waals surface area (Å²) >= 11 is 4.86. The number of hydrogen-bond donors (Lipinski definition) is 2. The van der Waals surface area contributed by atoms with Crippen molar-refractivity contribution in [2.75, 3.05) is 5.73 Å². The van der Waals surface area contributed by atoms with Crippen LogP contribution in [0.25, 0.3) is 0 Å². The fraction of sp³-hybridized carbons (Fsp3) is 0.0714. The Morgan fingerprint density at radius 2 is 2.00 bits per heavy atom. The third-order valence-electron chi connectivity index (χ3n) is 2.67. The highest BCUT2D eigenvalue weighted by Gasteiger charge is 2.09. The van der Waals surface area contributed by atoms with E-state index in [4.69, 9.17) is 11.5 Å². The van der Waals surface area contributed by atoms with Gasteiger partial charge < -0.3 is 11.5 Å². The number of rotatable bonds is 4. The normalized spacial score (nSPS) is 10.5. The molecular weight excluding hydrogens is 343 g/mol. The van der Waals surface area contributed by atoms with Gasteiger partial charge in [0, 0.05) is 26.4 Å². The Morgan fingerprint density at radius 3 is 2.65 bits per heavy atom. The molecule has 0 radical (unpaired) electrons. The van der Waals surface area contributed by atoms with E-state index in [1.807, 2.05) is 6.07 Å². The van der Waals surface area contributed by atoms with Gasteiger partial charge in [-0.05, 0) is 57.9 Å². The molecule has 20 heavy (non-hydrogen) atoms. The molecule has 0 saturated carbocycles. The minimum absolute atomic E-state index is 0.304. The number of primary amides is 1. The summed E-state index contributed by atoms with van der Waals surface area (Å²) in [6, 6.07) is 9.55. The Labute approximate surface area is 128 Å². The van der Waals surface area contributed by atoms with Gasteiger partial charge in [0.1, 0.15) is 5.82 Å². The van der Waals surface area contributed by atoms with Gasteiger partial charge in [-0.15, -0.1) is 11.8 Å². The van der Waals surface area contributed by atoms with Crippen molar-refractivity contribution in [3.63, 3.8) is 0 Å². The second kappa shape index (κ2) is 6.28. The molecule has 6 heteroatoms. The highest BCUT2D eigenvalue weighted by atomic mass is 79.9. The molecule has 0 aliphatic rings. The van der Waals surface area contributed by atoms with Crippen molar-refractivity contribution in [2.24, 2.45) is 5.73 Å². The van der Waals surface area contributed by atoms with Gasteiger partial charge in [-0.1, -0.05) is 0 Å². The van der Waals surface area contributed by atoms with Gasteiger partial charge in [0.25, 0.3) is 0 Å². The molecule has 1 amide bonds. The fourth-order valence-electron chi connectivity index (χ4n) is 1.63. The van der Waals surface area contributed by atoms with Gasteiger partial charge >= 0.3 is 0 Å². The van der Waals surface area contributed by atoms with Crippen molar-refractivity contribution in [3.8, 4) is 0 Å². The number of amides is 1. The fourth-order valence-corrected chi connectivity index (χ4v) is 3.26. The summed E-state index contributed by atoms with van der Waals surface area (Å²) in [5.41, 5.74) is 12.3. The molecule has 0 fully saturated rings. The summed E-state index contributed by atoms with van der Waals surface area (Å²) in [6.07, 6.45) is 0. The lowest BCUT2D eigenvalue weighted by Crippen LogP contribution is -2.11. The zero-order chi connectivity index (χ0) is 14.7. The van der Waals surface area contributed by atoms with Gasteiger partial charge in [-0.3, -0.25) is 4.79 Å². The van der Waals surface area contributed by atoms with E-state index in [0.717, 1.165) is 9.37 Å². The molecule has 0 aliphatic heterocycles. The number of anilines is 1. The van der Waals surface area contributed by atoms with Crippen LogP contribution < -0.4 is 11.5 Å². The molecule has 0 atom stereocenters. The van der Waals surface area contributed by atoms with E-state index >= 15 is 0 Å². The summed E-state index contributed by atoms with van der Waals surface area (Å²) in [4.78, 5) is 12.0. The van der Waals surface area contributed by atoms with Crippen LogP contribution in [-0.2, 0) is 5.75 Å². The number of nitrogens with two attached hydrogens (primary N) is 2. The van der Waals surface area contributed by atoms with Crippen molar-refractivity contribution in [2.45, 2.75) is 10.6 Å². The maximum absolute atomic E-state index is 13.7. The van der Waals surface area contributed by atoms with Gasteiger partial charge in [0.15, 0.2) is 0 Å². The van der Waals surface area contributed by atoms with Crippen LogP contribution >= 0.6 is 27.7 Å². The quantitative estimate of drug-likeness (QED) is 0.651. The van der Waals surface area contributed by atoms with Crippen LogP contribution in [0.5, 0.6) is 0 Å². The molecule has 0 unspecified atom stereocenters. The first-order valence-electron chi connectivity index (χ1n) is 5.73. The molecule has 2 aromatic carbocycles. The smallest absolute Gasteiger partial charge is 0.248 e. The van der Waals surface area contributed by atoms with E-state index in [9.17, 15) is 9.18 Å². The Hall–Kier alpha value is -1.53. The number of hydrogen-bond acceptors (Lipinski definition) is 3. The van der Waals surface area contributed by atoms with Crippen LogP contribution in [0.4, 0.5) is 10.1 Å². The van der Waals surface area contributed by atoms with Crippen LogP contribution in [-0.4, -0.2) is 5.91 Å². The molecule has 0 aromatic heterocycles. The van der Waals surface area contributed by atoms with Gasteiger partial charge in [-0.25, -0.2) is 4.39 Å². The first kappa shape index (κ1) is 14.9. The molecule has 0 aliphatic carbocycles. The van der Waals surface area contributed by atoms with Crippen molar-refractivity contribution in [1.29, 1.82) is 0 Å². The zero-order valence-corrected chi connectivity index (χ0v) is 12.8. The summed E-state index contributed by atoms with van der Waals surface area (Å²) in [7, 11) is 0. The van der Waals surface area contributed by atoms with E-state index in [1.54, 1.807) is 12.1 Å². The van der Waals surface area contributed by atoms with Crippen molar-refractivity contribution < 1.29 is 9.18 Å². The second-order valence-electron chi connectivity index (χ2n) is 4.15. The van der Waals surface area contributed by atoms with Gasteiger partial charge in [-0.2, -0.15) is 0 Å². The molecule has 2 aromatic rings. The molecule has 104 valence electrons. The molecule has 2 rings (SSSR count). The molecule has 0 bridgehead atoms. The Kier molecular flexibility index (Phi) is 4.67. The number of thioether (sulfide) groups is 1. The van der Waals surface area contributed by atoms with Crippen LogP contribution in [0.2, 0.25) is 0 Å². The SMILES string of the molecule is NC(=O)c1ccc(F)c(CSc2ccc(N)cc2Br)c1. The molecule has 0 spiro atoms. The largest absolute Gasteiger partial charge is 0.399 e. The molecule has 0 saturated heterocycles. The number of carbonyl (C=O) groups excluding carboxylic acids is 1. The average molecular weight is 355 g/mol. The van der Waals surface area contributed by atoms with Gasteiger partial charge in [0.05, 0.1) is 0 Å². The van der Waals surface area contributed by atoms with Crippen molar-refractivity contribution in [3.05, 3.63) is 57.8 Å². The maximum Gasteiger partial charge on any atom is 0.248 e. The first-order valence-corrected chi connectivity index (χ1v) is 7.51. The summed E-state index contributed by atoms with van der Waals surface area (Å²) < 4.78 is 14.6. The molecule has 4 N–H and O–H groups in total. The standard InChI is InChI=1S/C14H12BrFN2OS/c15-11-6-10(17)2-4-13(11)20-7-9-5-8(14(18)19)1-3-12(9)16/h1-6H,7,17H2,(H2,18,19). The Bertz CT molecular complexity index is 664. The zero-order valence-electron chi connectivity index (χ0n) is 10.4. The number of carbonyl (C=O) groups is 1. The summed E-state index contributed by atoms with van der Waals surface area (Å²) in [5, 5.41) is 0. The van der Waals surface area contributed by atoms with E-state index < -0.39 is 5.91 Å². The lowest BCUT2D eigenvalue weighted by atomic mass is 10.1. The molecule has 0 heterocycles. The summed E-state index contributed by atoms with van der Waals surface area (Å²) in [6.45, 7) is 0. The van der Waals surface area contributed by atoms with E-state index in [-0.39, 0.29) is 5.82 Å². The Morgan fingerprint density at radius 1 is 1.25 bits per heavy atom. The van der Waals surface area contributed by atoms with Crippen LogP contribution in [0.3, 0.4) is 0 Å². The summed E-state index contributed by atoms with van der Waals surface area (Å²) in [5.74, 6) is -0.519.